The van der Waals surface area contributed by atoms with Gasteiger partial charge in [-0.05, 0) is 12.5 Å². The number of piperidine rings is 1. The molecular weight excluding hydrogens is 301 g/mol. The summed E-state index contributed by atoms with van der Waals surface area (Å²) in [6.45, 7) is 3.04. The lowest BCUT2D eigenvalue weighted by Crippen LogP contribution is -2.44. The summed E-state index contributed by atoms with van der Waals surface area (Å²) < 4.78 is 20.0. The highest BCUT2D eigenvalue weighted by atomic mass is 19.1. The van der Waals surface area contributed by atoms with E-state index in [1.807, 2.05) is 4.90 Å². The number of methoxy groups -OCH3 is 1. The SMILES string of the molecule is COc1cc(N2CCNCC2)c(F)cc1C1CCC(=O)NC1=O. The Balaban J connectivity index is 1.93. The van der Waals surface area contributed by atoms with Gasteiger partial charge in [-0.2, -0.15) is 0 Å². The summed E-state index contributed by atoms with van der Waals surface area (Å²) in [5.74, 6) is -1.13. The van der Waals surface area contributed by atoms with Crippen LogP contribution in [0.15, 0.2) is 12.1 Å². The van der Waals surface area contributed by atoms with E-state index in [0.717, 1.165) is 26.2 Å². The molecule has 0 spiro atoms. The fourth-order valence-electron chi connectivity index (χ4n) is 3.15. The Morgan fingerprint density at radius 1 is 1.26 bits per heavy atom. The van der Waals surface area contributed by atoms with Crippen LogP contribution in [0.4, 0.5) is 10.1 Å². The lowest BCUT2D eigenvalue weighted by molar-refractivity contribution is -0.134. The number of halogens is 1. The molecule has 2 N–H and O–H groups in total. The highest BCUT2D eigenvalue weighted by Crippen LogP contribution is 2.36. The topological polar surface area (TPSA) is 70.7 Å². The fourth-order valence-corrected chi connectivity index (χ4v) is 3.15. The number of carbonyl (C=O) groups excluding carboxylic acids is 2. The van der Waals surface area contributed by atoms with Crippen LogP contribution in [0.2, 0.25) is 0 Å². The van der Waals surface area contributed by atoms with Gasteiger partial charge < -0.3 is 15.0 Å². The number of hydrogen-bond donors (Lipinski definition) is 2. The zero-order valence-corrected chi connectivity index (χ0v) is 13.0. The van der Waals surface area contributed by atoms with Gasteiger partial charge in [0.15, 0.2) is 0 Å². The molecule has 1 aromatic carbocycles. The predicted octanol–water partition coefficient (Wildman–Crippen LogP) is 0.764. The second kappa shape index (κ2) is 6.54. The van der Waals surface area contributed by atoms with Crippen LogP contribution in [-0.2, 0) is 9.59 Å². The number of rotatable bonds is 3. The van der Waals surface area contributed by atoms with E-state index < -0.39 is 11.8 Å². The second-order valence-corrected chi connectivity index (χ2v) is 5.79. The molecule has 2 aliphatic rings. The highest BCUT2D eigenvalue weighted by Gasteiger charge is 2.31. The Hall–Kier alpha value is -2.15. The first-order chi connectivity index (χ1) is 11.1. The van der Waals surface area contributed by atoms with Crippen molar-refractivity contribution in [2.45, 2.75) is 18.8 Å². The summed E-state index contributed by atoms with van der Waals surface area (Å²) in [6, 6.07) is 3.02. The number of piperazine rings is 1. The van der Waals surface area contributed by atoms with Crippen molar-refractivity contribution in [3.8, 4) is 5.75 Å². The third-order valence-electron chi connectivity index (χ3n) is 4.37. The maximum Gasteiger partial charge on any atom is 0.234 e. The number of imide groups is 1. The van der Waals surface area contributed by atoms with Gasteiger partial charge in [0.2, 0.25) is 11.8 Å². The number of nitrogens with one attached hydrogen (secondary N) is 2. The number of amides is 2. The average Bonchev–Trinajstić information content (AvgIpc) is 2.55. The van der Waals surface area contributed by atoms with Crippen LogP contribution >= 0.6 is 0 Å². The van der Waals surface area contributed by atoms with Gasteiger partial charge in [0.1, 0.15) is 11.6 Å². The molecule has 0 saturated carbocycles. The van der Waals surface area contributed by atoms with E-state index in [1.54, 1.807) is 6.07 Å². The largest absolute Gasteiger partial charge is 0.496 e. The molecule has 2 heterocycles. The van der Waals surface area contributed by atoms with Gasteiger partial charge in [-0.1, -0.05) is 0 Å². The van der Waals surface area contributed by atoms with Crippen molar-refractivity contribution in [3.05, 3.63) is 23.5 Å². The summed E-state index contributed by atoms with van der Waals surface area (Å²) in [5.41, 5.74) is 0.980. The summed E-state index contributed by atoms with van der Waals surface area (Å²) in [6.07, 6.45) is 0.619. The van der Waals surface area contributed by atoms with Gasteiger partial charge in [-0.15, -0.1) is 0 Å². The average molecular weight is 321 g/mol. The Labute approximate surface area is 134 Å². The van der Waals surface area contributed by atoms with Crippen molar-refractivity contribution in [3.63, 3.8) is 0 Å². The quantitative estimate of drug-likeness (QED) is 0.805. The minimum absolute atomic E-state index is 0.251. The molecule has 0 aliphatic carbocycles. The molecule has 6 nitrogen and oxygen atoms in total. The molecule has 2 fully saturated rings. The Morgan fingerprint density at radius 2 is 2.00 bits per heavy atom. The molecule has 2 amide bonds. The van der Waals surface area contributed by atoms with Crippen molar-refractivity contribution >= 4 is 17.5 Å². The molecule has 0 bridgehead atoms. The Bertz CT molecular complexity index is 629. The number of anilines is 1. The molecule has 0 aromatic heterocycles. The molecule has 0 radical (unpaired) electrons. The Kier molecular flexibility index (Phi) is 4.47. The molecule has 23 heavy (non-hydrogen) atoms. The maximum atomic E-state index is 14.6. The van der Waals surface area contributed by atoms with Crippen molar-refractivity contribution in [1.82, 2.24) is 10.6 Å². The Morgan fingerprint density at radius 3 is 2.65 bits per heavy atom. The normalized spacial score (nSPS) is 22.0. The summed E-state index contributed by atoms with van der Waals surface area (Å²) in [7, 11) is 1.50. The standard InChI is InChI=1S/C16H20FN3O3/c1-23-14-9-13(20-6-4-18-5-7-20)12(17)8-11(14)10-2-3-15(21)19-16(10)22/h8-10,18H,2-7H2,1H3,(H,19,21,22). The van der Waals surface area contributed by atoms with E-state index in [2.05, 4.69) is 10.6 Å². The van der Waals surface area contributed by atoms with Gasteiger partial charge in [-0.25, -0.2) is 4.39 Å². The van der Waals surface area contributed by atoms with Crippen molar-refractivity contribution in [2.24, 2.45) is 0 Å². The monoisotopic (exact) mass is 321 g/mol. The van der Waals surface area contributed by atoms with E-state index in [-0.39, 0.29) is 18.1 Å². The fraction of sp³-hybridized carbons (Fsp3) is 0.500. The number of benzene rings is 1. The van der Waals surface area contributed by atoms with Gasteiger partial charge in [0.25, 0.3) is 0 Å². The zero-order valence-electron chi connectivity index (χ0n) is 13.0. The first-order valence-electron chi connectivity index (χ1n) is 7.77. The molecule has 124 valence electrons. The van der Waals surface area contributed by atoms with Crippen LogP contribution in [0, 0.1) is 5.82 Å². The first kappa shape index (κ1) is 15.7. The van der Waals surface area contributed by atoms with Crippen LogP contribution in [0.25, 0.3) is 0 Å². The van der Waals surface area contributed by atoms with E-state index >= 15 is 0 Å². The van der Waals surface area contributed by atoms with Crippen LogP contribution in [0.5, 0.6) is 5.75 Å². The number of ether oxygens (including phenoxy) is 1. The molecule has 1 unspecified atom stereocenters. The second-order valence-electron chi connectivity index (χ2n) is 5.79. The summed E-state index contributed by atoms with van der Waals surface area (Å²) in [5, 5.41) is 5.53. The van der Waals surface area contributed by atoms with Crippen molar-refractivity contribution < 1.29 is 18.7 Å². The maximum absolute atomic E-state index is 14.6. The van der Waals surface area contributed by atoms with Crippen LogP contribution in [-0.4, -0.2) is 45.1 Å². The molecule has 1 aromatic rings. The molecule has 3 rings (SSSR count). The van der Waals surface area contributed by atoms with Gasteiger partial charge >= 0.3 is 0 Å². The third-order valence-corrected chi connectivity index (χ3v) is 4.37. The number of nitrogens with zero attached hydrogens (tertiary/aromatic N) is 1. The summed E-state index contributed by atoms with van der Waals surface area (Å²) >= 11 is 0. The lowest BCUT2D eigenvalue weighted by Gasteiger charge is -2.31. The van der Waals surface area contributed by atoms with Crippen LogP contribution in [0.1, 0.15) is 24.3 Å². The molecule has 2 saturated heterocycles. The van der Waals surface area contributed by atoms with Gasteiger partial charge in [0, 0.05) is 44.2 Å². The highest BCUT2D eigenvalue weighted by molar-refractivity contribution is 6.01. The molecule has 2 aliphatic heterocycles. The van der Waals surface area contributed by atoms with Crippen molar-refractivity contribution in [2.75, 3.05) is 38.2 Å². The number of hydrogen-bond acceptors (Lipinski definition) is 5. The number of carbonyl (C=O) groups is 2. The van der Waals surface area contributed by atoms with E-state index in [0.29, 0.717) is 23.4 Å². The van der Waals surface area contributed by atoms with Crippen molar-refractivity contribution in [1.29, 1.82) is 0 Å². The smallest absolute Gasteiger partial charge is 0.234 e. The lowest BCUT2D eigenvalue weighted by atomic mass is 9.89. The minimum atomic E-state index is -0.561. The van der Waals surface area contributed by atoms with Gasteiger partial charge in [-0.3, -0.25) is 14.9 Å². The third kappa shape index (κ3) is 3.14. The first-order valence-corrected chi connectivity index (χ1v) is 7.77. The molecule has 1 atom stereocenters. The van der Waals surface area contributed by atoms with Crippen LogP contribution in [0.3, 0.4) is 0 Å². The van der Waals surface area contributed by atoms with E-state index in [4.69, 9.17) is 4.74 Å². The van der Waals surface area contributed by atoms with E-state index in [1.165, 1.54) is 13.2 Å². The minimum Gasteiger partial charge on any atom is -0.496 e. The van der Waals surface area contributed by atoms with Crippen LogP contribution < -0.4 is 20.3 Å². The summed E-state index contributed by atoms with van der Waals surface area (Å²) in [4.78, 5) is 25.3. The molecular formula is C16H20FN3O3. The molecule has 7 heteroatoms. The van der Waals surface area contributed by atoms with Gasteiger partial charge in [0.05, 0.1) is 18.7 Å². The predicted molar refractivity (Wildman–Crippen MR) is 83.2 cm³/mol. The zero-order chi connectivity index (χ0) is 16.4. The van der Waals surface area contributed by atoms with E-state index in [9.17, 15) is 14.0 Å².